The van der Waals surface area contributed by atoms with Gasteiger partial charge in [-0.05, 0) is 32.2 Å². The monoisotopic (exact) mass is 428 g/mol. The summed E-state index contributed by atoms with van der Waals surface area (Å²) in [4.78, 5) is 19.4. The predicted octanol–water partition coefficient (Wildman–Crippen LogP) is 4.05. The number of hydrogen-bond acceptors (Lipinski definition) is 5. The van der Waals surface area contributed by atoms with Crippen LogP contribution in [0.15, 0.2) is 36.8 Å². The van der Waals surface area contributed by atoms with Crippen molar-refractivity contribution in [2.24, 2.45) is 0 Å². The van der Waals surface area contributed by atoms with Gasteiger partial charge in [0.1, 0.15) is 17.4 Å². The highest BCUT2D eigenvalue weighted by molar-refractivity contribution is 6.31. The zero-order valence-corrected chi connectivity index (χ0v) is 17.2. The smallest absolute Gasteiger partial charge is 0.282 e. The summed E-state index contributed by atoms with van der Waals surface area (Å²) in [6.45, 7) is 1.77. The molecule has 30 heavy (non-hydrogen) atoms. The minimum atomic E-state index is -2.90. The van der Waals surface area contributed by atoms with Crippen LogP contribution >= 0.6 is 11.6 Å². The third-order valence-electron chi connectivity index (χ3n) is 5.49. The fourth-order valence-corrected chi connectivity index (χ4v) is 4.33. The first-order valence-corrected chi connectivity index (χ1v) is 9.98. The summed E-state index contributed by atoms with van der Waals surface area (Å²) in [5.74, 6) is -2.39. The number of hydrogen-bond donors (Lipinski definition) is 0. The lowest BCUT2D eigenvalue weighted by molar-refractivity contribution is -0.0200. The van der Waals surface area contributed by atoms with E-state index in [9.17, 15) is 0 Å². The van der Waals surface area contributed by atoms with Gasteiger partial charge in [0.05, 0.1) is 35.2 Å². The maximum absolute atomic E-state index is 15.0. The maximum atomic E-state index is 15.0. The number of imidazole rings is 1. The van der Waals surface area contributed by atoms with Crippen LogP contribution in [-0.2, 0) is 6.42 Å². The molecular formula is C21H19ClF2N6. The molecule has 9 heteroatoms. The van der Waals surface area contributed by atoms with Gasteiger partial charge in [-0.1, -0.05) is 11.6 Å². The van der Waals surface area contributed by atoms with Gasteiger partial charge in [-0.2, -0.15) is 0 Å². The molecule has 3 aromatic heterocycles. The number of benzene rings is 1. The molecule has 4 heterocycles. The molecule has 1 aromatic carbocycles. The second-order valence-corrected chi connectivity index (χ2v) is 8.29. The Balaban J connectivity index is 1.77. The van der Waals surface area contributed by atoms with Crippen LogP contribution in [0.1, 0.15) is 23.3 Å². The Hall–Kier alpha value is -2.71. The van der Waals surface area contributed by atoms with Crippen molar-refractivity contribution >= 4 is 33.5 Å². The van der Waals surface area contributed by atoms with Gasteiger partial charge in [0.15, 0.2) is 0 Å². The lowest BCUT2D eigenvalue weighted by Gasteiger charge is -2.23. The zero-order valence-electron chi connectivity index (χ0n) is 16.5. The van der Waals surface area contributed by atoms with E-state index in [1.165, 1.54) is 0 Å². The first-order chi connectivity index (χ1) is 14.3. The summed E-state index contributed by atoms with van der Waals surface area (Å²) in [5.41, 5.74) is 3.33. The largest absolute Gasteiger partial charge is 0.316 e. The molecular weight excluding hydrogens is 410 g/mol. The number of pyridine rings is 1. The van der Waals surface area contributed by atoms with Crippen molar-refractivity contribution in [3.05, 3.63) is 59.0 Å². The van der Waals surface area contributed by atoms with Crippen LogP contribution in [-0.4, -0.2) is 55.5 Å². The highest BCUT2D eigenvalue weighted by Gasteiger charge is 2.49. The van der Waals surface area contributed by atoms with E-state index in [1.54, 1.807) is 53.3 Å². The molecule has 154 valence electrons. The van der Waals surface area contributed by atoms with Crippen LogP contribution in [0.5, 0.6) is 0 Å². The van der Waals surface area contributed by atoms with Gasteiger partial charge < -0.3 is 4.57 Å². The highest BCUT2D eigenvalue weighted by atomic mass is 35.5. The molecule has 0 N–H and O–H groups in total. The summed E-state index contributed by atoms with van der Waals surface area (Å²) in [6, 6.07) is 4.24. The van der Waals surface area contributed by atoms with Crippen LogP contribution < -0.4 is 0 Å². The number of rotatable bonds is 3. The van der Waals surface area contributed by atoms with E-state index in [1.807, 2.05) is 6.92 Å². The summed E-state index contributed by atoms with van der Waals surface area (Å²) in [5, 5.41) is 1.23. The normalized spacial score (nSPS) is 19.2. The lowest BCUT2D eigenvalue weighted by Crippen LogP contribution is -2.30. The summed E-state index contributed by atoms with van der Waals surface area (Å²) in [6.07, 6.45) is 5.24. The van der Waals surface area contributed by atoms with Gasteiger partial charge in [0, 0.05) is 35.8 Å². The molecule has 0 spiro atoms. The van der Waals surface area contributed by atoms with Crippen LogP contribution in [0.2, 0.25) is 5.02 Å². The van der Waals surface area contributed by atoms with E-state index in [-0.39, 0.29) is 13.1 Å². The van der Waals surface area contributed by atoms with Crippen molar-refractivity contribution in [2.45, 2.75) is 25.3 Å². The quantitative estimate of drug-likeness (QED) is 0.492. The van der Waals surface area contributed by atoms with Crippen molar-refractivity contribution in [3.8, 4) is 0 Å². The Bertz CT molecular complexity index is 1250. The minimum absolute atomic E-state index is 0.218. The Morgan fingerprint density at radius 1 is 1.13 bits per heavy atom. The van der Waals surface area contributed by atoms with Gasteiger partial charge in [-0.15, -0.1) is 0 Å². The van der Waals surface area contributed by atoms with Crippen molar-refractivity contribution in [1.82, 2.24) is 29.4 Å². The van der Waals surface area contributed by atoms with Gasteiger partial charge in [0.2, 0.25) is 0 Å². The lowest BCUT2D eigenvalue weighted by atomic mass is 10.1. The zero-order chi connectivity index (χ0) is 21.0. The third-order valence-corrected chi connectivity index (χ3v) is 5.72. The molecule has 1 aliphatic rings. The number of likely N-dealkylation sites (N-methyl/N-ethyl adjacent to an activating group) is 1. The molecule has 1 atom stereocenters. The summed E-state index contributed by atoms with van der Waals surface area (Å²) >= 11 is 6.23. The molecule has 6 nitrogen and oxygen atoms in total. The van der Waals surface area contributed by atoms with E-state index >= 15 is 8.78 Å². The second-order valence-electron chi connectivity index (χ2n) is 7.85. The molecule has 1 aliphatic heterocycles. The number of likely N-dealkylation sites (tertiary alicyclic amines) is 1. The average molecular weight is 429 g/mol. The van der Waals surface area contributed by atoms with Crippen LogP contribution in [0, 0.1) is 6.92 Å². The van der Waals surface area contributed by atoms with Crippen LogP contribution in [0.3, 0.4) is 0 Å². The van der Waals surface area contributed by atoms with E-state index in [4.69, 9.17) is 11.6 Å². The third kappa shape index (κ3) is 3.20. The molecule has 1 saturated heterocycles. The Morgan fingerprint density at radius 2 is 1.97 bits per heavy atom. The van der Waals surface area contributed by atoms with Gasteiger partial charge in [0.25, 0.3) is 5.92 Å². The fourth-order valence-electron chi connectivity index (χ4n) is 4.16. The Kier molecular flexibility index (Phi) is 4.44. The van der Waals surface area contributed by atoms with E-state index in [2.05, 4.69) is 19.9 Å². The molecule has 0 radical (unpaired) electrons. The minimum Gasteiger partial charge on any atom is -0.316 e. The molecule has 4 aromatic rings. The molecule has 1 unspecified atom stereocenters. The van der Waals surface area contributed by atoms with Crippen molar-refractivity contribution in [1.29, 1.82) is 0 Å². The number of aromatic nitrogens is 5. The van der Waals surface area contributed by atoms with Gasteiger partial charge >= 0.3 is 0 Å². The summed E-state index contributed by atoms with van der Waals surface area (Å²) < 4.78 is 31.8. The van der Waals surface area contributed by atoms with Crippen LogP contribution in [0.25, 0.3) is 21.9 Å². The van der Waals surface area contributed by atoms with Gasteiger partial charge in [-0.3, -0.25) is 19.9 Å². The van der Waals surface area contributed by atoms with Crippen molar-refractivity contribution < 1.29 is 8.78 Å². The maximum Gasteiger partial charge on any atom is 0.282 e. The topological polar surface area (TPSA) is 59.7 Å². The van der Waals surface area contributed by atoms with E-state index in [0.29, 0.717) is 44.9 Å². The highest BCUT2D eigenvalue weighted by Crippen LogP contribution is 2.40. The van der Waals surface area contributed by atoms with Crippen molar-refractivity contribution in [2.75, 3.05) is 20.1 Å². The average Bonchev–Trinajstić information content (AvgIpc) is 3.18. The number of alkyl halides is 2. The molecule has 0 aliphatic carbocycles. The Labute approximate surface area is 176 Å². The van der Waals surface area contributed by atoms with Crippen LogP contribution in [0.4, 0.5) is 8.78 Å². The molecule has 0 saturated carbocycles. The van der Waals surface area contributed by atoms with Gasteiger partial charge in [-0.25, -0.2) is 13.8 Å². The van der Waals surface area contributed by atoms with E-state index < -0.39 is 12.0 Å². The SMILES string of the molecule is Cc1cnc(Cc2nc3cnc4ccc(Cl)cc4c3n2C2CN(C)CC2(F)F)cn1. The molecule has 0 bridgehead atoms. The summed E-state index contributed by atoms with van der Waals surface area (Å²) in [7, 11) is 1.70. The molecule has 0 amide bonds. The number of fused-ring (bicyclic) bond motifs is 3. The molecule has 1 fully saturated rings. The molecule has 5 rings (SSSR count). The number of aryl methyl sites for hydroxylation is 1. The number of nitrogens with zero attached hydrogens (tertiary/aromatic N) is 6. The fraction of sp³-hybridized carbons (Fsp3) is 0.333. The first kappa shape index (κ1) is 19.3. The van der Waals surface area contributed by atoms with E-state index in [0.717, 1.165) is 5.69 Å². The number of halogens is 3. The van der Waals surface area contributed by atoms with Crippen molar-refractivity contribution in [3.63, 3.8) is 0 Å². The standard InChI is InChI=1S/C21H19ClF2N6/c1-12-7-26-14(8-25-12)6-19-28-17-9-27-16-4-3-13(22)5-15(16)20(17)30(19)18-10-29(2)11-21(18,23)24/h3-5,7-9,18H,6,10-11H2,1-2H3. The first-order valence-electron chi connectivity index (χ1n) is 9.61. The Morgan fingerprint density at radius 3 is 2.67 bits per heavy atom. The second kappa shape index (κ2) is 6.92. The predicted molar refractivity (Wildman–Crippen MR) is 111 cm³/mol.